The van der Waals surface area contributed by atoms with Gasteiger partial charge in [0.1, 0.15) is 13.2 Å². The van der Waals surface area contributed by atoms with Gasteiger partial charge in [-0.3, -0.25) is 0 Å². The van der Waals surface area contributed by atoms with E-state index in [9.17, 15) is 0 Å². The van der Waals surface area contributed by atoms with E-state index >= 15 is 0 Å². The third-order valence-corrected chi connectivity index (χ3v) is 4.64. The Morgan fingerprint density at radius 3 is 2.78 bits per heavy atom. The highest BCUT2D eigenvalue weighted by molar-refractivity contribution is 5.83. The number of benzene rings is 2. The summed E-state index contributed by atoms with van der Waals surface area (Å²) in [6, 6.07) is 11.3. The molecule has 162 valence electrons. The Bertz CT molecular complexity index is 1220. The number of imidazole rings is 1. The van der Waals surface area contributed by atoms with Crippen LogP contribution < -0.4 is 14.8 Å². The van der Waals surface area contributed by atoms with Crippen molar-refractivity contribution in [3.8, 4) is 23.8 Å². The molecule has 2 aromatic heterocycles. The zero-order valence-electron chi connectivity index (χ0n) is 17.7. The van der Waals surface area contributed by atoms with Crippen LogP contribution in [0.5, 0.6) is 11.5 Å². The molecule has 0 atom stereocenters. The van der Waals surface area contributed by atoms with Crippen molar-refractivity contribution in [2.45, 2.75) is 6.54 Å². The summed E-state index contributed by atoms with van der Waals surface area (Å²) >= 11 is 0. The van der Waals surface area contributed by atoms with E-state index in [1.165, 1.54) is 0 Å². The molecule has 0 aliphatic rings. The molecule has 0 spiro atoms. The highest BCUT2D eigenvalue weighted by Gasteiger charge is 2.11. The lowest BCUT2D eigenvalue weighted by molar-refractivity contribution is 0.143. The van der Waals surface area contributed by atoms with E-state index in [1.807, 2.05) is 47.2 Å². The molecule has 8 nitrogen and oxygen atoms in total. The third kappa shape index (κ3) is 5.33. The minimum Gasteiger partial charge on any atom is -0.488 e. The van der Waals surface area contributed by atoms with Gasteiger partial charge in [-0.15, -0.1) is 6.42 Å². The van der Waals surface area contributed by atoms with Crippen LogP contribution in [-0.2, 0) is 11.3 Å². The van der Waals surface area contributed by atoms with Crippen molar-refractivity contribution < 1.29 is 14.2 Å². The molecule has 0 aliphatic carbocycles. The van der Waals surface area contributed by atoms with Gasteiger partial charge in [0.25, 0.3) is 0 Å². The Morgan fingerprint density at radius 1 is 1.09 bits per heavy atom. The zero-order valence-corrected chi connectivity index (χ0v) is 17.7. The van der Waals surface area contributed by atoms with Gasteiger partial charge in [-0.05, 0) is 24.3 Å². The summed E-state index contributed by atoms with van der Waals surface area (Å²) in [5.41, 5.74) is 2.32. The lowest BCUT2D eigenvalue weighted by Gasteiger charge is -2.14. The summed E-state index contributed by atoms with van der Waals surface area (Å²) in [7, 11) is 1.63. The van der Waals surface area contributed by atoms with E-state index in [-0.39, 0.29) is 0 Å². The molecular formula is C24H23N5O3. The van der Waals surface area contributed by atoms with Crippen LogP contribution in [0.25, 0.3) is 10.9 Å². The third-order valence-electron chi connectivity index (χ3n) is 4.64. The van der Waals surface area contributed by atoms with Crippen molar-refractivity contribution >= 4 is 22.5 Å². The predicted octanol–water partition coefficient (Wildman–Crippen LogP) is 3.66. The van der Waals surface area contributed by atoms with E-state index in [0.29, 0.717) is 43.8 Å². The molecule has 0 saturated carbocycles. The molecule has 0 radical (unpaired) electrons. The van der Waals surface area contributed by atoms with Crippen LogP contribution in [0, 0.1) is 12.3 Å². The van der Waals surface area contributed by atoms with Gasteiger partial charge < -0.3 is 24.1 Å². The predicted molar refractivity (Wildman–Crippen MR) is 122 cm³/mol. The van der Waals surface area contributed by atoms with Gasteiger partial charge in [0.05, 0.1) is 25.0 Å². The molecule has 0 fully saturated rings. The zero-order chi connectivity index (χ0) is 22.2. The molecule has 0 amide bonds. The normalized spacial score (nSPS) is 10.6. The minimum atomic E-state index is 0.398. The lowest BCUT2D eigenvalue weighted by atomic mass is 10.2. The number of methoxy groups -OCH3 is 1. The van der Waals surface area contributed by atoms with Gasteiger partial charge >= 0.3 is 0 Å². The van der Waals surface area contributed by atoms with E-state index in [2.05, 4.69) is 26.2 Å². The molecule has 0 saturated heterocycles. The summed E-state index contributed by atoms with van der Waals surface area (Å²) in [6.45, 7) is 2.00. The molecule has 1 N–H and O–H groups in total. The van der Waals surface area contributed by atoms with Gasteiger partial charge in [-0.25, -0.2) is 15.0 Å². The molecule has 4 aromatic rings. The fraction of sp³-hybridized carbons (Fsp3) is 0.208. The number of hydrogen-bond donors (Lipinski definition) is 1. The number of aromatic nitrogens is 4. The van der Waals surface area contributed by atoms with Gasteiger partial charge in [-0.2, -0.15) is 0 Å². The van der Waals surface area contributed by atoms with Crippen molar-refractivity contribution in [3.63, 3.8) is 0 Å². The largest absolute Gasteiger partial charge is 0.488 e. The number of fused-ring (bicyclic) bond motifs is 1. The van der Waals surface area contributed by atoms with Crippen LogP contribution in [0.2, 0.25) is 0 Å². The summed E-state index contributed by atoms with van der Waals surface area (Å²) in [5.74, 6) is 4.30. The first-order chi connectivity index (χ1) is 15.7. The second-order valence-electron chi connectivity index (χ2n) is 6.89. The van der Waals surface area contributed by atoms with Crippen LogP contribution in [0.15, 0.2) is 61.3 Å². The van der Waals surface area contributed by atoms with Crippen molar-refractivity contribution in [1.82, 2.24) is 19.5 Å². The van der Waals surface area contributed by atoms with Gasteiger partial charge in [0, 0.05) is 48.4 Å². The Morgan fingerprint density at radius 2 is 1.97 bits per heavy atom. The lowest BCUT2D eigenvalue weighted by Crippen LogP contribution is -2.09. The first kappa shape index (κ1) is 21.2. The Hall–Kier alpha value is -4.09. The number of rotatable bonds is 10. The van der Waals surface area contributed by atoms with Crippen LogP contribution in [0.1, 0.15) is 5.56 Å². The molecule has 0 aliphatic heterocycles. The van der Waals surface area contributed by atoms with Crippen LogP contribution in [0.3, 0.4) is 0 Å². The standard InChI is InChI=1S/C24H23N5O3/c1-3-18-5-4-6-20(13-18)27-24-26-16-19-14-22(31-10-9-29-8-7-25-17-29)23(15-21(19)28-24)32-12-11-30-2/h1,4-8,13-17H,9-12H2,2H3,(H,26,27,28). The van der Waals surface area contributed by atoms with Crippen LogP contribution >= 0.6 is 0 Å². The minimum absolute atomic E-state index is 0.398. The number of ether oxygens (including phenoxy) is 3. The van der Waals surface area contributed by atoms with Crippen LogP contribution in [0.4, 0.5) is 11.6 Å². The number of hydrogen-bond acceptors (Lipinski definition) is 7. The van der Waals surface area contributed by atoms with Gasteiger partial charge in [0.15, 0.2) is 11.5 Å². The molecule has 2 aromatic carbocycles. The van der Waals surface area contributed by atoms with Crippen molar-refractivity contribution in [3.05, 3.63) is 66.9 Å². The SMILES string of the molecule is C#Cc1cccc(Nc2ncc3cc(OCCn4ccnc4)c(OCCOC)cc3n2)c1. The molecule has 0 bridgehead atoms. The topological polar surface area (TPSA) is 83.3 Å². The van der Waals surface area contributed by atoms with E-state index < -0.39 is 0 Å². The maximum Gasteiger partial charge on any atom is 0.227 e. The number of nitrogens with one attached hydrogen (secondary N) is 1. The molecule has 4 rings (SSSR count). The van der Waals surface area contributed by atoms with Crippen LogP contribution in [-0.4, -0.2) is 46.4 Å². The Balaban J connectivity index is 1.56. The van der Waals surface area contributed by atoms with E-state index in [0.717, 1.165) is 22.2 Å². The van der Waals surface area contributed by atoms with Crippen molar-refractivity contribution in [2.24, 2.45) is 0 Å². The fourth-order valence-corrected chi connectivity index (χ4v) is 3.06. The Kier molecular flexibility index (Phi) is 6.80. The second-order valence-corrected chi connectivity index (χ2v) is 6.89. The van der Waals surface area contributed by atoms with Crippen molar-refractivity contribution in [1.29, 1.82) is 0 Å². The molecular weight excluding hydrogens is 406 g/mol. The highest BCUT2D eigenvalue weighted by atomic mass is 16.5. The molecule has 32 heavy (non-hydrogen) atoms. The number of terminal acetylenes is 1. The van der Waals surface area contributed by atoms with E-state index in [4.69, 9.17) is 20.6 Å². The van der Waals surface area contributed by atoms with Gasteiger partial charge in [0.2, 0.25) is 5.95 Å². The van der Waals surface area contributed by atoms with Gasteiger partial charge in [-0.1, -0.05) is 12.0 Å². The summed E-state index contributed by atoms with van der Waals surface area (Å²) in [6.07, 6.45) is 12.6. The highest BCUT2D eigenvalue weighted by Crippen LogP contribution is 2.32. The summed E-state index contributed by atoms with van der Waals surface area (Å²) in [4.78, 5) is 13.1. The summed E-state index contributed by atoms with van der Waals surface area (Å²) in [5, 5.41) is 4.03. The number of anilines is 2. The maximum absolute atomic E-state index is 6.00. The monoisotopic (exact) mass is 429 g/mol. The smallest absolute Gasteiger partial charge is 0.227 e. The first-order valence-corrected chi connectivity index (χ1v) is 10.1. The second kappa shape index (κ2) is 10.3. The molecule has 8 heteroatoms. The fourth-order valence-electron chi connectivity index (χ4n) is 3.06. The van der Waals surface area contributed by atoms with E-state index in [1.54, 1.807) is 25.8 Å². The average molecular weight is 429 g/mol. The summed E-state index contributed by atoms with van der Waals surface area (Å²) < 4.78 is 18.9. The molecule has 0 unspecified atom stereocenters. The van der Waals surface area contributed by atoms with Crippen molar-refractivity contribution in [2.75, 3.05) is 32.2 Å². The number of nitrogens with zero attached hydrogens (tertiary/aromatic N) is 4. The average Bonchev–Trinajstić information content (AvgIpc) is 3.33. The Labute approximate surface area is 186 Å². The first-order valence-electron chi connectivity index (χ1n) is 10.1. The maximum atomic E-state index is 6.00. The molecule has 2 heterocycles. The quantitative estimate of drug-likeness (QED) is 0.304.